The third-order valence-electron chi connectivity index (χ3n) is 10.6. The molecule has 0 aliphatic carbocycles. The molecule has 0 fully saturated rings. The maximum atomic E-state index is 5.13. The van der Waals surface area contributed by atoms with E-state index in [-0.39, 0.29) is 6.17 Å². The first-order chi connectivity index (χ1) is 26.8. The Labute approximate surface area is 311 Å². The smallest absolute Gasteiger partial charge is 0.159 e. The van der Waals surface area contributed by atoms with Gasteiger partial charge in [0.15, 0.2) is 5.84 Å². The number of aromatic nitrogens is 3. The molecule has 4 heterocycles. The summed E-state index contributed by atoms with van der Waals surface area (Å²) in [5, 5.41) is 10.8. The van der Waals surface area contributed by atoms with Crippen molar-refractivity contribution >= 4 is 66.1 Å². The van der Waals surface area contributed by atoms with Crippen molar-refractivity contribution in [1.29, 1.82) is 0 Å². The zero-order valence-electron chi connectivity index (χ0n) is 29.1. The van der Waals surface area contributed by atoms with Crippen LogP contribution in [0.4, 0.5) is 0 Å². The van der Waals surface area contributed by atoms with Crippen LogP contribution < -0.4 is 5.32 Å². The zero-order chi connectivity index (χ0) is 35.6. The van der Waals surface area contributed by atoms with Crippen molar-refractivity contribution in [1.82, 2.24) is 19.4 Å². The quantitative estimate of drug-likeness (QED) is 0.195. The van der Waals surface area contributed by atoms with Gasteiger partial charge in [-0.3, -0.25) is 4.57 Å². The lowest BCUT2D eigenvalue weighted by atomic mass is 10.0. The number of hydrogen-bond donors (Lipinski definition) is 1. The average Bonchev–Trinajstić information content (AvgIpc) is 3.75. The molecule has 1 unspecified atom stereocenters. The lowest BCUT2D eigenvalue weighted by molar-refractivity contribution is 0.675. The summed E-state index contributed by atoms with van der Waals surface area (Å²) >= 11 is 0. The molecule has 54 heavy (non-hydrogen) atoms. The number of nitrogens with one attached hydrogen (secondary N) is 1. The predicted molar refractivity (Wildman–Crippen MR) is 222 cm³/mol. The van der Waals surface area contributed by atoms with Gasteiger partial charge in [0.25, 0.3) is 0 Å². The summed E-state index contributed by atoms with van der Waals surface area (Å²) in [5.41, 5.74) is 8.67. The Morgan fingerprint density at radius 2 is 1.09 bits per heavy atom. The standard InChI is InChI=1S/C48H32N6/c1-3-14-32(15-4-1)46-50-47(34-24-23-31-13-7-8-16-33(31)27-34)52-48(51-46)35-25-26-45(49-30-35)54-42-22-12-10-20-38(42)40-28-43-39(29-44(40)54)37-19-9-11-21-41(37)53(43)36-17-5-2-6-18-36/h1-30,47H,(H,50,51,52). The number of amidine groups is 2. The SMILES string of the molecule is c1ccc(C2=NC(c3ccc4ccccc4c3)NC(c3ccc(-n4c5ccccc5c5cc6c(cc54)c4ccccc4n6-c4ccccc4)nc3)=N2)cc1. The lowest BCUT2D eigenvalue weighted by Gasteiger charge is -2.24. The molecule has 0 saturated carbocycles. The summed E-state index contributed by atoms with van der Waals surface area (Å²) in [6.45, 7) is 0. The fourth-order valence-electron chi connectivity index (χ4n) is 8.05. The number of rotatable bonds is 5. The molecule has 10 aromatic rings. The normalized spacial score (nSPS) is 14.5. The number of hydrogen-bond acceptors (Lipinski definition) is 4. The second kappa shape index (κ2) is 12.1. The van der Waals surface area contributed by atoms with Gasteiger partial charge in [-0.1, -0.05) is 121 Å². The number of benzene rings is 7. The van der Waals surface area contributed by atoms with Crippen molar-refractivity contribution < 1.29 is 0 Å². The molecular formula is C48H32N6. The van der Waals surface area contributed by atoms with E-state index in [0.717, 1.165) is 45.1 Å². The van der Waals surface area contributed by atoms with Gasteiger partial charge in [-0.15, -0.1) is 0 Å². The van der Waals surface area contributed by atoms with Crippen LogP contribution in [0.1, 0.15) is 22.9 Å². The van der Waals surface area contributed by atoms with Crippen LogP contribution in [0.25, 0.3) is 65.9 Å². The van der Waals surface area contributed by atoms with E-state index in [1.807, 2.05) is 24.4 Å². The van der Waals surface area contributed by atoms with E-state index in [4.69, 9.17) is 15.0 Å². The molecule has 7 aromatic carbocycles. The van der Waals surface area contributed by atoms with E-state index in [1.54, 1.807) is 0 Å². The van der Waals surface area contributed by atoms with E-state index in [0.29, 0.717) is 5.84 Å². The molecule has 0 bridgehead atoms. The minimum Gasteiger partial charge on any atom is -0.344 e. The molecule has 0 radical (unpaired) electrons. The lowest BCUT2D eigenvalue weighted by Crippen LogP contribution is -2.33. The molecule has 6 nitrogen and oxygen atoms in total. The van der Waals surface area contributed by atoms with Gasteiger partial charge >= 0.3 is 0 Å². The summed E-state index contributed by atoms with van der Waals surface area (Å²) in [6.07, 6.45) is 1.61. The van der Waals surface area contributed by atoms with Gasteiger partial charge in [0, 0.05) is 44.6 Å². The molecule has 3 aromatic heterocycles. The summed E-state index contributed by atoms with van der Waals surface area (Å²) < 4.78 is 4.66. The van der Waals surface area contributed by atoms with Crippen molar-refractivity contribution in [2.24, 2.45) is 9.98 Å². The fourth-order valence-corrected chi connectivity index (χ4v) is 8.05. The Morgan fingerprint density at radius 1 is 0.463 bits per heavy atom. The molecule has 1 aliphatic heterocycles. The topological polar surface area (TPSA) is 59.5 Å². The van der Waals surface area contributed by atoms with Crippen LogP contribution in [-0.2, 0) is 0 Å². The maximum absolute atomic E-state index is 5.13. The number of pyridine rings is 1. The van der Waals surface area contributed by atoms with Crippen LogP contribution in [0.5, 0.6) is 0 Å². The van der Waals surface area contributed by atoms with Crippen LogP contribution in [0.2, 0.25) is 0 Å². The van der Waals surface area contributed by atoms with Gasteiger partial charge < -0.3 is 9.88 Å². The molecule has 1 aliphatic rings. The van der Waals surface area contributed by atoms with Crippen molar-refractivity contribution in [2.45, 2.75) is 6.17 Å². The Kier molecular flexibility index (Phi) is 6.82. The van der Waals surface area contributed by atoms with Gasteiger partial charge in [0.1, 0.15) is 17.8 Å². The molecule has 254 valence electrons. The van der Waals surface area contributed by atoms with Crippen LogP contribution in [-0.4, -0.2) is 25.8 Å². The van der Waals surface area contributed by atoms with Crippen molar-refractivity contribution in [3.63, 3.8) is 0 Å². The second-order valence-electron chi connectivity index (χ2n) is 13.8. The van der Waals surface area contributed by atoms with E-state index in [2.05, 4.69) is 172 Å². The highest BCUT2D eigenvalue weighted by Gasteiger charge is 2.23. The number of fused-ring (bicyclic) bond motifs is 7. The fraction of sp³-hybridized carbons (Fsp3) is 0.0208. The van der Waals surface area contributed by atoms with Crippen LogP contribution in [0.15, 0.2) is 192 Å². The predicted octanol–water partition coefficient (Wildman–Crippen LogP) is 10.9. The Hall–Kier alpha value is -7.31. The van der Waals surface area contributed by atoms with Gasteiger partial charge in [0.05, 0.1) is 22.1 Å². The molecule has 0 saturated heterocycles. The van der Waals surface area contributed by atoms with Crippen LogP contribution in [0.3, 0.4) is 0 Å². The minimum absolute atomic E-state index is 0.310. The van der Waals surface area contributed by atoms with Crippen LogP contribution in [0, 0.1) is 0 Å². The zero-order valence-corrected chi connectivity index (χ0v) is 29.1. The monoisotopic (exact) mass is 692 g/mol. The first-order valence-corrected chi connectivity index (χ1v) is 18.2. The molecule has 0 amide bonds. The maximum Gasteiger partial charge on any atom is 0.159 e. The highest BCUT2D eigenvalue weighted by atomic mass is 15.2. The highest BCUT2D eigenvalue weighted by Crippen LogP contribution is 2.39. The van der Waals surface area contributed by atoms with Gasteiger partial charge in [-0.25, -0.2) is 15.0 Å². The first-order valence-electron chi connectivity index (χ1n) is 18.2. The summed E-state index contributed by atoms with van der Waals surface area (Å²) in [4.78, 5) is 15.3. The summed E-state index contributed by atoms with van der Waals surface area (Å²) in [6, 6.07) is 61.9. The van der Waals surface area contributed by atoms with E-state index >= 15 is 0 Å². The first kappa shape index (κ1) is 30.3. The van der Waals surface area contributed by atoms with Crippen molar-refractivity contribution in [3.05, 3.63) is 199 Å². The summed E-state index contributed by atoms with van der Waals surface area (Å²) in [7, 11) is 0. The molecular weight excluding hydrogens is 661 g/mol. The highest BCUT2D eigenvalue weighted by molar-refractivity contribution is 6.19. The number of aliphatic imine (C=N–C) groups is 2. The largest absolute Gasteiger partial charge is 0.344 e. The minimum atomic E-state index is -0.310. The third kappa shape index (κ3) is 4.85. The summed E-state index contributed by atoms with van der Waals surface area (Å²) in [5.74, 6) is 2.27. The van der Waals surface area contributed by atoms with E-state index < -0.39 is 0 Å². The Bertz CT molecular complexity index is 3120. The number of nitrogens with zero attached hydrogens (tertiary/aromatic N) is 5. The molecule has 1 N–H and O–H groups in total. The Morgan fingerprint density at radius 3 is 1.81 bits per heavy atom. The molecule has 0 spiro atoms. The van der Waals surface area contributed by atoms with E-state index in [1.165, 1.54) is 43.4 Å². The number of para-hydroxylation sites is 3. The Balaban J connectivity index is 1.04. The average molecular weight is 693 g/mol. The van der Waals surface area contributed by atoms with Crippen LogP contribution >= 0.6 is 0 Å². The van der Waals surface area contributed by atoms with Crippen molar-refractivity contribution in [2.75, 3.05) is 0 Å². The van der Waals surface area contributed by atoms with Crippen molar-refractivity contribution in [3.8, 4) is 11.5 Å². The van der Waals surface area contributed by atoms with E-state index in [9.17, 15) is 0 Å². The molecule has 1 atom stereocenters. The second-order valence-corrected chi connectivity index (χ2v) is 13.8. The molecule has 11 rings (SSSR count). The van der Waals surface area contributed by atoms with Gasteiger partial charge in [0.2, 0.25) is 0 Å². The van der Waals surface area contributed by atoms with Gasteiger partial charge in [-0.2, -0.15) is 0 Å². The molecule has 6 heteroatoms. The third-order valence-corrected chi connectivity index (χ3v) is 10.6. The van der Waals surface area contributed by atoms with Gasteiger partial charge in [-0.05, 0) is 70.9 Å².